The monoisotopic (exact) mass is 612 g/mol. The first-order valence-corrected chi connectivity index (χ1v) is 12.6. The summed E-state index contributed by atoms with van der Waals surface area (Å²) in [4.78, 5) is 17.9. The Morgan fingerprint density at radius 2 is 1.59 bits per heavy atom. The normalized spacial score (nSPS) is 18.2. The van der Waals surface area contributed by atoms with Gasteiger partial charge in [-0.3, -0.25) is 0 Å². The van der Waals surface area contributed by atoms with E-state index in [2.05, 4.69) is 37.8 Å². The zero-order valence-electron chi connectivity index (χ0n) is 17.2. The van der Waals surface area contributed by atoms with Crippen LogP contribution in [0.25, 0.3) is 0 Å². The number of hydrogen-bond donors (Lipinski definition) is 0. The van der Waals surface area contributed by atoms with Crippen LogP contribution in [-0.4, -0.2) is 47.7 Å². The van der Waals surface area contributed by atoms with Crippen LogP contribution in [0.15, 0.2) is 75.0 Å². The van der Waals surface area contributed by atoms with E-state index in [0.717, 1.165) is 24.3 Å². The number of amides is 1. The van der Waals surface area contributed by atoms with Gasteiger partial charge in [-0.2, -0.15) is 0 Å². The molecule has 174 valence electrons. The van der Waals surface area contributed by atoms with Gasteiger partial charge in [-0.25, -0.2) is 0 Å². The Hall–Kier alpha value is -2.62. The molecule has 3 aromatic carbocycles. The molecule has 1 aliphatic rings. The molecule has 0 aromatic heterocycles. The Balaban J connectivity index is 1.85. The van der Waals surface area contributed by atoms with Crippen LogP contribution < -0.4 is 4.18 Å². The fourth-order valence-corrected chi connectivity index (χ4v) is 5.47. The molecule has 0 bridgehead atoms. The first-order valence-electron chi connectivity index (χ1n) is 9.49. The van der Waals surface area contributed by atoms with Crippen molar-refractivity contribution in [2.75, 3.05) is 7.05 Å². The van der Waals surface area contributed by atoms with Gasteiger partial charge in [-0.15, -0.1) is 0 Å². The van der Waals surface area contributed by atoms with Crippen molar-refractivity contribution in [2.24, 2.45) is 4.99 Å². The van der Waals surface area contributed by atoms with Crippen LogP contribution in [0, 0.1) is 17.5 Å². The van der Waals surface area contributed by atoms with E-state index < -0.39 is 43.9 Å². The Morgan fingerprint density at radius 3 is 2.18 bits per heavy atom. The third kappa shape index (κ3) is 4.06. The summed E-state index contributed by atoms with van der Waals surface area (Å²) < 4.78 is 72.7. The van der Waals surface area contributed by atoms with E-state index in [1.807, 2.05) is 0 Å². The fourth-order valence-electron chi connectivity index (χ4n) is 3.53. The van der Waals surface area contributed by atoms with Crippen molar-refractivity contribution in [1.29, 1.82) is 0 Å². The number of aliphatic imine (C=N–C) groups is 1. The summed E-state index contributed by atoms with van der Waals surface area (Å²) >= 11 is 5.26. The van der Waals surface area contributed by atoms with E-state index in [4.69, 9.17) is 4.18 Å². The first-order chi connectivity index (χ1) is 16.0. The summed E-state index contributed by atoms with van der Waals surface area (Å²) in [5.74, 6) is -3.96. The second-order valence-electron chi connectivity index (χ2n) is 7.23. The first kappa shape index (κ1) is 24.5. The van der Waals surface area contributed by atoms with Crippen LogP contribution >= 0.6 is 15.9 Å². The van der Waals surface area contributed by atoms with Gasteiger partial charge in [-0.05, 0) is 0 Å². The number of likely N-dealkylation sites (N-methyl/N-ethyl adjacent to an activating group) is 1. The number of hydrogen-bond acceptors (Lipinski definition) is 5. The number of carbonyl (C=O) groups is 1. The minimum absolute atomic E-state index is 0.0964. The van der Waals surface area contributed by atoms with Crippen molar-refractivity contribution in [3.8, 4) is 5.75 Å². The molecule has 34 heavy (non-hydrogen) atoms. The van der Waals surface area contributed by atoms with Crippen LogP contribution in [0.1, 0.15) is 11.1 Å². The maximum atomic E-state index is 14.1. The Morgan fingerprint density at radius 1 is 0.971 bits per heavy atom. The zero-order valence-corrected chi connectivity index (χ0v) is 21.4. The molecule has 0 fully saturated rings. The molecule has 0 spiro atoms. The van der Waals surface area contributed by atoms with Gasteiger partial charge in [-0.1, -0.05) is 0 Å². The third-order valence-corrected chi connectivity index (χ3v) is 7.89. The molecule has 2 radical (unpaired) electrons. The summed E-state index contributed by atoms with van der Waals surface area (Å²) in [6, 6.07) is 12.0. The maximum absolute atomic E-state index is 14.1. The van der Waals surface area contributed by atoms with Crippen molar-refractivity contribution >= 4 is 53.4 Å². The van der Waals surface area contributed by atoms with Crippen LogP contribution in [0.5, 0.6) is 5.75 Å². The summed E-state index contributed by atoms with van der Waals surface area (Å²) in [7, 11) is -3.38. The van der Waals surface area contributed by atoms with E-state index in [1.54, 1.807) is 0 Å². The summed E-state index contributed by atoms with van der Waals surface area (Å²) in [6.07, 6.45) is 0. The van der Waals surface area contributed by atoms with Crippen LogP contribution in [0.3, 0.4) is 0 Å². The average molecular weight is 613 g/mol. The fraction of sp³-hybridized carbons (Fsp3) is 0.0909. The number of nitrogens with zero attached hydrogens (tertiary/aromatic N) is 2. The van der Waals surface area contributed by atoms with Crippen molar-refractivity contribution in [2.45, 2.75) is 10.4 Å². The SMILES string of the molecule is CN1C(=O)C(c2cccc(OS(=O)(=O)c3c(F)cccc3F)c2)(c2ccc(F)c(Br)c2)N=C1[As]. The quantitative estimate of drug-likeness (QED) is 0.324. The van der Waals surface area contributed by atoms with E-state index in [1.165, 1.54) is 48.3 Å². The molecule has 1 atom stereocenters. The summed E-state index contributed by atoms with van der Waals surface area (Å²) in [6.45, 7) is 0. The van der Waals surface area contributed by atoms with Gasteiger partial charge in [0.25, 0.3) is 0 Å². The molecule has 1 amide bonds. The van der Waals surface area contributed by atoms with Gasteiger partial charge in [0.15, 0.2) is 0 Å². The molecular weight excluding hydrogens is 600 g/mol. The molecule has 6 nitrogen and oxygen atoms in total. The summed E-state index contributed by atoms with van der Waals surface area (Å²) in [5.41, 5.74) is -1.18. The van der Waals surface area contributed by atoms with E-state index in [0.29, 0.717) is 10.2 Å². The van der Waals surface area contributed by atoms with E-state index >= 15 is 0 Å². The number of rotatable bonds is 5. The predicted molar refractivity (Wildman–Crippen MR) is 121 cm³/mol. The van der Waals surface area contributed by atoms with Gasteiger partial charge in [0, 0.05) is 0 Å². The van der Waals surface area contributed by atoms with Gasteiger partial charge in [0.1, 0.15) is 0 Å². The van der Waals surface area contributed by atoms with Crippen molar-refractivity contribution in [3.05, 3.63) is 93.7 Å². The zero-order chi connectivity index (χ0) is 24.8. The minimum atomic E-state index is -4.89. The summed E-state index contributed by atoms with van der Waals surface area (Å²) in [5, 5.41) is 0. The van der Waals surface area contributed by atoms with Gasteiger partial charge in [0.2, 0.25) is 0 Å². The molecule has 1 unspecified atom stereocenters. The second-order valence-corrected chi connectivity index (χ2v) is 10.4. The average Bonchev–Trinajstić information content (AvgIpc) is 3.00. The Bertz CT molecular complexity index is 1450. The number of carbonyl (C=O) groups excluding carboxylic acids is 1. The molecule has 4 rings (SSSR count). The Kier molecular flexibility index (Phi) is 6.39. The van der Waals surface area contributed by atoms with E-state index in [9.17, 15) is 26.4 Å². The third-order valence-electron chi connectivity index (χ3n) is 5.15. The molecule has 0 saturated heterocycles. The van der Waals surface area contributed by atoms with Crippen molar-refractivity contribution in [1.82, 2.24) is 4.90 Å². The molecule has 0 aliphatic carbocycles. The van der Waals surface area contributed by atoms with Crippen LogP contribution in [-0.2, 0) is 20.5 Å². The molecule has 0 N–H and O–H groups in total. The molecule has 0 saturated carbocycles. The number of benzene rings is 3. The van der Waals surface area contributed by atoms with Gasteiger partial charge >= 0.3 is 211 Å². The topological polar surface area (TPSA) is 76.0 Å². The van der Waals surface area contributed by atoms with Crippen LogP contribution in [0.4, 0.5) is 13.2 Å². The van der Waals surface area contributed by atoms with Gasteiger partial charge < -0.3 is 0 Å². The molecule has 1 aliphatic heterocycles. The number of amidine groups is 1. The predicted octanol–water partition coefficient (Wildman–Crippen LogP) is 3.87. The second kappa shape index (κ2) is 8.87. The van der Waals surface area contributed by atoms with Crippen LogP contribution in [0.2, 0.25) is 0 Å². The molecule has 12 heteroatoms. The molecular formula is C22H13AsBrF3N2O4S. The Labute approximate surface area is 210 Å². The van der Waals surface area contributed by atoms with Crippen molar-refractivity contribution in [3.63, 3.8) is 0 Å². The molecule has 1 heterocycles. The van der Waals surface area contributed by atoms with Crippen molar-refractivity contribution < 1.29 is 30.6 Å². The van der Waals surface area contributed by atoms with Gasteiger partial charge in [0.05, 0.1) is 0 Å². The van der Waals surface area contributed by atoms with E-state index in [-0.39, 0.29) is 15.8 Å². The standard InChI is InChI=1S/C22H13AsBrF3N2O4S/c1-29-20(30)22(28-21(29)23,13-8-9-16(25)15(24)11-13)12-4-2-5-14(10-12)33-34(31,32)19-17(26)6-3-7-18(19)27/h2-11H,1H3. The molecule has 3 aromatic rings. The number of halogens is 4.